The fourth-order valence-corrected chi connectivity index (χ4v) is 4.27. The van der Waals surface area contributed by atoms with Gasteiger partial charge in [-0.15, -0.1) is 10.2 Å². The number of para-hydroxylation sites is 1. The average molecular weight is 428 g/mol. The van der Waals surface area contributed by atoms with Crippen molar-refractivity contribution in [2.45, 2.75) is 18.9 Å². The van der Waals surface area contributed by atoms with Gasteiger partial charge in [-0.05, 0) is 43.2 Å². The van der Waals surface area contributed by atoms with Crippen molar-refractivity contribution in [2.75, 3.05) is 17.2 Å². The number of benzene rings is 2. The molecule has 9 heteroatoms. The first kappa shape index (κ1) is 19.4. The van der Waals surface area contributed by atoms with E-state index in [9.17, 15) is 9.59 Å². The molecule has 2 N–H and O–H groups in total. The third-order valence-electron chi connectivity index (χ3n) is 4.54. The normalized spacial score (nSPS) is 15.9. The lowest BCUT2D eigenvalue weighted by molar-refractivity contribution is 0.102. The Hall–Kier alpha value is -2.97. The van der Waals surface area contributed by atoms with Crippen molar-refractivity contribution in [3.05, 3.63) is 69.6 Å². The molecule has 3 amide bonds. The molecule has 1 saturated heterocycles. The molecule has 4 rings (SSSR count). The van der Waals surface area contributed by atoms with Gasteiger partial charge in [0.2, 0.25) is 5.01 Å². The van der Waals surface area contributed by atoms with Gasteiger partial charge in [0.05, 0.1) is 6.04 Å². The van der Waals surface area contributed by atoms with E-state index in [2.05, 4.69) is 20.8 Å². The summed E-state index contributed by atoms with van der Waals surface area (Å²) in [5, 5.41) is 15.3. The Bertz CT molecular complexity index is 1030. The van der Waals surface area contributed by atoms with Gasteiger partial charge in [0.25, 0.3) is 5.91 Å². The van der Waals surface area contributed by atoms with Crippen LogP contribution in [0.1, 0.15) is 33.7 Å². The van der Waals surface area contributed by atoms with Gasteiger partial charge in [-0.1, -0.05) is 47.2 Å². The maximum atomic E-state index is 12.7. The molecule has 0 saturated carbocycles. The number of carbonyl (C=O) groups excluding carboxylic acids is 2. The van der Waals surface area contributed by atoms with Crippen molar-refractivity contribution in [2.24, 2.45) is 0 Å². The monoisotopic (exact) mass is 427 g/mol. The number of halogens is 1. The van der Waals surface area contributed by atoms with Crippen LogP contribution in [0.2, 0.25) is 5.02 Å². The van der Waals surface area contributed by atoms with Crippen LogP contribution in [0.25, 0.3) is 0 Å². The molecule has 148 valence electrons. The van der Waals surface area contributed by atoms with Gasteiger partial charge in [-0.25, -0.2) is 4.79 Å². The maximum Gasteiger partial charge on any atom is 0.322 e. The Kier molecular flexibility index (Phi) is 5.73. The molecule has 1 aromatic heterocycles. The highest BCUT2D eigenvalue weighted by Gasteiger charge is 2.33. The van der Waals surface area contributed by atoms with E-state index < -0.39 is 0 Å². The van der Waals surface area contributed by atoms with Crippen LogP contribution in [-0.2, 0) is 0 Å². The smallest absolute Gasteiger partial charge is 0.320 e. The van der Waals surface area contributed by atoms with Crippen LogP contribution in [0.5, 0.6) is 0 Å². The second-order valence-corrected chi connectivity index (χ2v) is 8.00. The van der Waals surface area contributed by atoms with Crippen LogP contribution in [0.3, 0.4) is 0 Å². The summed E-state index contributed by atoms with van der Waals surface area (Å²) < 4.78 is 0. The summed E-state index contributed by atoms with van der Waals surface area (Å²) in [6.07, 6.45) is 1.66. The predicted octanol–water partition coefficient (Wildman–Crippen LogP) is 4.81. The van der Waals surface area contributed by atoms with Crippen LogP contribution in [-0.4, -0.2) is 33.6 Å². The lowest BCUT2D eigenvalue weighted by atomic mass is 10.2. The molecule has 1 atom stereocenters. The summed E-state index contributed by atoms with van der Waals surface area (Å²) in [6.45, 7) is 0.632. The quantitative estimate of drug-likeness (QED) is 0.625. The molecule has 0 aliphatic carbocycles. The molecule has 1 fully saturated rings. The van der Waals surface area contributed by atoms with E-state index >= 15 is 0 Å². The van der Waals surface area contributed by atoms with Gasteiger partial charge < -0.3 is 15.5 Å². The van der Waals surface area contributed by atoms with Crippen molar-refractivity contribution in [1.29, 1.82) is 0 Å². The molecule has 2 heterocycles. The fourth-order valence-electron chi connectivity index (χ4n) is 3.20. The highest BCUT2D eigenvalue weighted by Crippen LogP contribution is 2.34. The molecule has 0 radical (unpaired) electrons. The molecule has 1 aliphatic heterocycles. The predicted molar refractivity (Wildman–Crippen MR) is 113 cm³/mol. The van der Waals surface area contributed by atoms with Gasteiger partial charge in [0, 0.05) is 22.9 Å². The molecular formula is C20H18ClN5O2S. The molecule has 0 spiro atoms. The summed E-state index contributed by atoms with van der Waals surface area (Å²) in [7, 11) is 0. The molecule has 7 nitrogen and oxygen atoms in total. The molecule has 2 aromatic carbocycles. The summed E-state index contributed by atoms with van der Waals surface area (Å²) in [6, 6.07) is 15.8. The SMILES string of the molecule is O=C(Nc1cccc(Cl)c1)c1nnc(C2CCCN2C(=O)Nc2ccccc2)s1. The van der Waals surface area contributed by atoms with Crippen molar-refractivity contribution in [1.82, 2.24) is 15.1 Å². The standard InChI is InChI=1S/C20H18ClN5O2S/c21-13-6-4-9-15(12-13)22-17(27)19-25-24-18(29-19)16-10-5-11-26(16)20(28)23-14-7-2-1-3-8-14/h1-4,6-9,12,16H,5,10-11H2,(H,22,27)(H,23,28). The van der Waals surface area contributed by atoms with Gasteiger partial charge in [-0.3, -0.25) is 4.79 Å². The first-order valence-electron chi connectivity index (χ1n) is 9.13. The van der Waals surface area contributed by atoms with E-state index in [0.29, 0.717) is 22.3 Å². The number of nitrogens with one attached hydrogen (secondary N) is 2. The Labute approximate surface area is 176 Å². The fraction of sp³-hybridized carbons (Fsp3) is 0.200. The second-order valence-electron chi connectivity index (χ2n) is 6.56. The highest BCUT2D eigenvalue weighted by atomic mass is 35.5. The minimum Gasteiger partial charge on any atom is -0.320 e. The summed E-state index contributed by atoms with van der Waals surface area (Å²) in [5.41, 5.74) is 1.32. The molecule has 29 heavy (non-hydrogen) atoms. The molecule has 1 aliphatic rings. The topological polar surface area (TPSA) is 87.2 Å². The van der Waals surface area contributed by atoms with E-state index in [-0.39, 0.29) is 23.0 Å². The van der Waals surface area contributed by atoms with Crippen LogP contribution >= 0.6 is 22.9 Å². The number of urea groups is 1. The summed E-state index contributed by atoms with van der Waals surface area (Å²) in [5.74, 6) is -0.352. The van der Waals surface area contributed by atoms with E-state index in [1.54, 1.807) is 29.2 Å². The van der Waals surface area contributed by atoms with Crippen molar-refractivity contribution in [3.63, 3.8) is 0 Å². The van der Waals surface area contributed by atoms with Crippen LogP contribution < -0.4 is 10.6 Å². The zero-order chi connectivity index (χ0) is 20.2. The number of hydrogen-bond acceptors (Lipinski definition) is 5. The Morgan fingerprint density at radius 3 is 2.62 bits per heavy atom. The Balaban J connectivity index is 1.45. The van der Waals surface area contributed by atoms with Gasteiger partial charge >= 0.3 is 6.03 Å². The van der Waals surface area contributed by atoms with Gasteiger partial charge in [0.1, 0.15) is 5.01 Å². The lowest BCUT2D eigenvalue weighted by Crippen LogP contribution is -2.34. The average Bonchev–Trinajstić information content (AvgIpc) is 3.38. The first-order valence-corrected chi connectivity index (χ1v) is 10.3. The zero-order valence-electron chi connectivity index (χ0n) is 15.3. The van der Waals surface area contributed by atoms with Crippen molar-refractivity contribution < 1.29 is 9.59 Å². The third-order valence-corrected chi connectivity index (χ3v) is 5.80. The van der Waals surface area contributed by atoms with E-state index in [1.807, 2.05) is 30.3 Å². The van der Waals surface area contributed by atoms with Crippen LogP contribution in [0, 0.1) is 0 Å². The second kappa shape index (κ2) is 8.59. The number of aromatic nitrogens is 2. The minimum atomic E-state index is -0.352. The van der Waals surface area contributed by atoms with E-state index in [4.69, 9.17) is 11.6 Å². The number of rotatable bonds is 4. The molecule has 3 aromatic rings. The summed E-state index contributed by atoms with van der Waals surface area (Å²) in [4.78, 5) is 26.9. The van der Waals surface area contributed by atoms with E-state index in [0.717, 1.165) is 18.5 Å². The number of anilines is 2. The highest BCUT2D eigenvalue weighted by molar-refractivity contribution is 7.13. The number of carbonyl (C=O) groups is 2. The van der Waals surface area contributed by atoms with Crippen LogP contribution in [0.4, 0.5) is 16.2 Å². The van der Waals surface area contributed by atoms with E-state index in [1.165, 1.54) is 11.3 Å². The lowest BCUT2D eigenvalue weighted by Gasteiger charge is -2.23. The number of nitrogens with zero attached hydrogens (tertiary/aromatic N) is 3. The zero-order valence-corrected chi connectivity index (χ0v) is 16.9. The minimum absolute atomic E-state index is 0.182. The van der Waals surface area contributed by atoms with Crippen LogP contribution in [0.15, 0.2) is 54.6 Å². The van der Waals surface area contributed by atoms with Crippen molar-refractivity contribution >= 4 is 46.3 Å². The van der Waals surface area contributed by atoms with Gasteiger partial charge in [-0.2, -0.15) is 0 Å². The Morgan fingerprint density at radius 2 is 1.83 bits per heavy atom. The first-order chi connectivity index (χ1) is 14.1. The number of likely N-dealkylation sites (tertiary alicyclic amines) is 1. The molecular weight excluding hydrogens is 410 g/mol. The number of hydrogen-bond donors (Lipinski definition) is 2. The van der Waals surface area contributed by atoms with Crippen molar-refractivity contribution in [3.8, 4) is 0 Å². The largest absolute Gasteiger partial charge is 0.322 e. The van der Waals surface area contributed by atoms with Gasteiger partial charge in [0.15, 0.2) is 0 Å². The molecule has 0 bridgehead atoms. The number of amides is 3. The summed E-state index contributed by atoms with van der Waals surface area (Å²) >= 11 is 7.15. The maximum absolute atomic E-state index is 12.7. The third kappa shape index (κ3) is 4.55. The molecule has 1 unspecified atom stereocenters. The Morgan fingerprint density at radius 1 is 1.03 bits per heavy atom.